The van der Waals surface area contributed by atoms with Crippen LogP contribution in [0.5, 0.6) is 0 Å². The van der Waals surface area contributed by atoms with Crippen LogP contribution in [-0.2, 0) is 28.6 Å². The molecule has 0 radical (unpaired) electrons. The number of carbonyl (C=O) groups excluding carboxylic acids is 4. The second-order valence-electron chi connectivity index (χ2n) is 13.7. The SMILES string of the molecule is COC(=O)[C@H](CCNC(=O)OCC1c2ccccc2-c2ccccc21)NC(=O)CCCCCCCCCCCCCC(=O)OC(C)(C)C. The van der Waals surface area contributed by atoms with Crippen molar-refractivity contribution in [3.63, 3.8) is 0 Å². The van der Waals surface area contributed by atoms with Crippen molar-refractivity contribution in [1.29, 1.82) is 0 Å². The number of amides is 2. The van der Waals surface area contributed by atoms with E-state index in [4.69, 9.17) is 14.2 Å². The minimum Gasteiger partial charge on any atom is -0.467 e. The van der Waals surface area contributed by atoms with Crippen LogP contribution in [0.15, 0.2) is 48.5 Å². The molecular weight excluding hydrogens is 608 g/mol. The molecule has 264 valence electrons. The van der Waals surface area contributed by atoms with Gasteiger partial charge in [-0.25, -0.2) is 9.59 Å². The summed E-state index contributed by atoms with van der Waals surface area (Å²) in [6.07, 6.45) is 12.3. The average molecular weight is 665 g/mol. The lowest BCUT2D eigenvalue weighted by Crippen LogP contribution is -2.43. The van der Waals surface area contributed by atoms with Crippen LogP contribution in [0.2, 0.25) is 0 Å². The van der Waals surface area contributed by atoms with E-state index in [1.165, 1.54) is 32.8 Å². The topological polar surface area (TPSA) is 120 Å². The van der Waals surface area contributed by atoms with Gasteiger partial charge in [0, 0.05) is 25.3 Å². The smallest absolute Gasteiger partial charge is 0.407 e. The molecule has 1 atom stereocenters. The fourth-order valence-electron chi connectivity index (χ4n) is 6.16. The van der Waals surface area contributed by atoms with Gasteiger partial charge in [-0.05, 0) is 62.3 Å². The summed E-state index contributed by atoms with van der Waals surface area (Å²) >= 11 is 0. The first-order chi connectivity index (χ1) is 23.1. The highest BCUT2D eigenvalue weighted by Crippen LogP contribution is 2.44. The molecule has 2 amide bonds. The van der Waals surface area contributed by atoms with Crippen LogP contribution >= 0.6 is 0 Å². The van der Waals surface area contributed by atoms with E-state index in [-0.39, 0.29) is 37.4 Å². The van der Waals surface area contributed by atoms with Gasteiger partial charge in [0.2, 0.25) is 5.91 Å². The van der Waals surface area contributed by atoms with Gasteiger partial charge in [-0.15, -0.1) is 0 Å². The summed E-state index contributed by atoms with van der Waals surface area (Å²) in [5.74, 6) is -0.882. The second kappa shape index (κ2) is 20.5. The molecule has 2 aromatic carbocycles. The molecule has 0 aromatic heterocycles. The molecule has 48 heavy (non-hydrogen) atoms. The number of alkyl carbamates (subject to hydrolysis) is 1. The quantitative estimate of drug-likeness (QED) is 0.0789. The molecule has 0 fully saturated rings. The van der Waals surface area contributed by atoms with Gasteiger partial charge in [0.15, 0.2) is 0 Å². The summed E-state index contributed by atoms with van der Waals surface area (Å²) < 4.78 is 15.8. The maximum atomic E-state index is 12.5. The number of fused-ring (bicyclic) bond motifs is 3. The van der Waals surface area contributed by atoms with Crippen LogP contribution in [0.4, 0.5) is 4.79 Å². The molecule has 0 spiro atoms. The molecule has 3 rings (SSSR count). The van der Waals surface area contributed by atoms with E-state index in [9.17, 15) is 19.2 Å². The molecular formula is C39H56N2O7. The third kappa shape index (κ3) is 13.7. The Hall–Kier alpha value is -3.88. The Morgan fingerprint density at radius 2 is 1.23 bits per heavy atom. The largest absolute Gasteiger partial charge is 0.467 e. The number of ether oxygens (including phenoxy) is 3. The molecule has 1 aliphatic carbocycles. The Labute approximate surface area is 286 Å². The summed E-state index contributed by atoms with van der Waals surface area (Å²) in [5.41, 5.74) is 4.18. The lowest BCUT2D eigenvalue weighted by atomic mass is 9.98. The molecule has 0 saturated heterocycles. The van der Waals surface area contributed by atoms with Crippen molar-refractivity contribution >= 4 is 23.9 Å². The highest BCUT2D eigenvalue weighted by molar-refractivity contribution is 5.84. The molecule has 2 N–H and O–H groups in total. The Morgan fingerprint density at radius 3 is 1.75 bits per heavy atom. The lowest BCUT2D eigenvalue weighted by Gasteiger charge is -2.19. The second-order valence-corrected chi connectivity index (χ2v) is 13.7. The zero-order chi connectivity index (χ0) is 34.8. The summed E-state index contributed by atoms with van der Waals surface area (Å²) in [4.78, 5) is 49.1. The Morgan fingerprint density at radius 1 is 0.729 bits per heavy atom. The van der Waals surface area contributed by atoms with Crippen LogP contribution in [0.25, 0.3) is 11.1 Å². The van der Waals surface area contributed by atoms with E-state index < -0.39 is 23.7 Å². The van der Waals surface area contributed by atoms with Gasteiger partial charge >= 0.3 is 18.0 Å². The van der Waals surface area contributed by atoms with E-state index in [0.717, 1.165) is 67.2 Å². The van der Waals surface area contributed by atoms with E-state index in [1.807, 2.05) is 45.0 Å². The first-order valence-electron chi connectivity index (χ1n) is 17.8. The molecule has 1 aliphatic rings. The zero-order valence-electron chi connectivity index (χ0n) is 29.4. The number of rotatable bonds is 21. The van der Waals surface area contributed by atoms with Crippen LogP contribution in [0.1, 0.15) is 128 Å². The van der Waals surface area contributed by atoms with Crippen molar-refractivity contribution in [3.05, 3.63) is 59.7 Å². The maximum Gasteiger partial charge on any atom is 0.407 e. The van der Waals surface area contributed by atoms with Gasteiger partial charge in [0.05, 0.1) is 7.11 Å². The monoisotopic (exact) mass is 664 g/mol. The summed E-state index contributed by atoms with van der Waals surface area (Å²) in [6, 6.07) is 15.5. The van der Waals surface area contributed by atoms with Crippen molar-refractivity contribution in [2.24, 2.45) is 0 Å². The van der Waals surface area contributed by atoms with Crippen molar-refractivity contribution < 1.29 is 33.4 Å². The number of hydrogen-bond donors (Lipinski definition) is 2. The Kier molecular flexibility index (Phi) is 16.5. The lowest BCUT2D eigenvalue weighted by molar-refractivity contribution is -0.155. The highest BCUT2D eigenvalue weighted by atomic mass is 16.6. The average Bonchev–Trinajstić information content (AvgIpc) is 3.37. The van der Waals surface area contributed by atoms with Gasteiger partial charge in [-0.2, -0.15) is 0 Å². The minimum atomic E-state index is -0.839. The summed E-state index contributed by atoms with van der Waals surface area (Å²) in [6.45, 7) is 6.04. The number of hydrogen-bond acceptors (Lipinski definition) is 7. The van der Waals surface area contributed by atoms with E-state index in [1.54, 1.807) is 0 Å². The van der Waals surface area contributed by atoms with Gasteiger partial charge in [0.1, 0.15) is 18.2 Å². The molecule has 0 aliphatic heterocycles. The van der Waals surface area contributed by atoms with Crippen molar-refractivity contribution in [2.75, 3.05) is 20.3 Å². The van der Waals surface area contributed by atoms with Gasteiger partial charge in [0.25, 0.3) is 0 Å². The molecule has 0 heterocycles. The standard InChI is InChI=1S/C39H56N2O7/c1-39(2,3)48-36(43)25-15-13-11-9-7-5-6-8-10-12-14-24-35(42)41-34(37(44)46-4)26-27-40-38(45)47-28-33-31-22-18-16-20-29(31)30-21-17-19-23-32(30)33/h16-23,33-34H,5-15,24-28H2,1-4H3,(H,40,45)(H,41,42)/t34-/m0/s1. The number of unbranched alkanes of at least 4 members (excludes halogenated alkanes) is 10. The fourth-order valence-corrected chi connectivity index (χ4v) is 6.16. The van der Waals surface area contributed by atoms with Crippen LogP contribution < -0.4 is 10.6 Å². The minimum absolute atomic E-state index is 0.0372. The number of carbonyl (C=O) groups is 4. The molecule has 0 saturated carbocycles. The highest BCUT2D eigenvalue weighted by Gasteiger charge is 2.29. The summed E-state index contributed by atoms with van der Waals surface area (Å²) in [7, 11) is 1.28. The predicted molar refractivity (Wildman–Crippen MR) is 188 cm³/mol. The van der Waals surface area contributed by atoms with Gasteiger partial charge < -0.3 is 24.8 Å². The van der Waals surface area contributed by atoms with Crippen LogP contribution in [0.3, 0.4) is 0 Å². The predicted octanol–water partition coefficient (Wildman–Crippen LogP) is 7.99. The first kappa shape index (κ1) is 38.6. The van der Waals surface area contributed by atoms with E-state index >= 15 is 0 Å². The van der Waals surface area contributed by atoms with Crippen LogP contribution in [0, 0.1) is 0 Å². The number of esters is 2. The van der Waals surface area contributed by atoms with Gasteiger partial charge in [-0.1, -0.05) is 106 Å². The Bertz CT molecular complexity index is 1270. The molecule has 9 heteroatoms. The first-order valence-corrected chi connectivity index (χ1v) is 17.8. The maximum absolute atomic E-state index is 12.5. The molecule has 2 aromatic rings. The fraction of sp³-hybridized carbons (Fsp3) is 0.590. The van der Waals surface area contributed by atoms with E-state index in [0.29, 0.717) is 12.8 Å². The van der Waals surface area contributed by atoms with Gasteiger partial charge in [-0.3, -0.25) is 9.59 Å². The normalized spacial score (nSPS) is 12.8. The van der Waals surface area contributed by atoms with Crippen molar-refractivity contribution in [2.45, 2.75) is 128 Å². The van der Waals surface area contributed by atoms with Crippen molar-refractivity contribution in [3.8, 4) is 11.1 Å². The Balaban J connectivity index is 1.21. The zero-order valence-corrected chi connectivity index (χ0v) is 29.4. The van der Waals surface area contributed by atoms with Crippen molar-refractivity contribution in [1.82, 2.24) is 10.6 Å². The van der Waals surface area contributed by atoms with E-state index in [2.05, 4.69) is 34.9 Å². The van der Waals surface area contributed by atoms with Crippen LogP contribution in [-0.4, -0.2) is 55.8 Å². The third-order valence-electron chi connectivity index (χ3n) is 8.57. The number of methoxy groups -OCH3 is 1. The molecule has 0 bridgehead atoms. The third-order valence-corrected chi connectivity index (χ3v) is 8.57. The molecule has 0 unspecified atom stereocenters. The molecule has 9 nitrogen and oxygen atoms in total. The summed E-state index contributed by atoms with van der Waals surface area (Å²) in [5, 5.41) is 5.47. The number of nitrogens with one attached hydrogen (secondary N) is 2. The number of benzene rings is 2.